The fourth-order valence-corrected chi connectivity index (χ4v) is 1.78. The van der Waals surface area contributed by atoms with Crippen molar-refractivity contribution in [2.75, 3.05) is 5.73 Å². The predicted molar refractivity (Wildman–Crippen MR) is 66.3 cm³/mol. The topological polar surface area (TPSA) is 64.7 Å². The van der Waals surface area contributed by atoms with E-state index in [1.807, 2.05) is 12.1 Å². The molecular weight excluding hydrogens is 220 g/mol. The van der Waals surface area contributed by atoms with Crippen LogP contribution in [-0.2, 0) is 5.41 Å². The van der Waals surface area contributed by atoms with Crippen LogP contribution >= 0.6 is 11.5 Å². The largest absolute Gasteiger partial charge is 0.374 e. The highest BCUT2D eigenvalue weighted by Crippen LogP contribution is 2.23. The first-order valence-electron chi connectivity index (χ1n) is 5.03. The first-order valence-corrected chi connectivity index (χ1v) is 5.80. The van der Waals surface area contributed by atoms with Gasteiger partial charge < -0.3 is 5.73 Å². The highest BCUT2D eigenvalue weighted by atomic mass is 32.1. The van der Waals surface area contributed by atoms with Gasteiger partial charge in [-0.15, -0.1) is 0 Å². The van der Waals surface area contributed by atoms with Crippen LogP contribution in [0.3, 0.4) is 0 Å². The van der Waals surface area contributed by atoms with Crippen molar-refractivity contribution >= 4 is 16.7 Å². The standard InChI is InChI=1S/C11H14N4S/c1-11(2,3)8-5-4-7(6-13-8)9-14-10(12)16-15-9/h4-6H,1-3H3,(H2,12,14,15). The molecule has 0 atom stereocenters. The Morgan fingerprint density at radius 1 is 1.25 bits per heavy atom. The molecule has 0 amide bonds. The van der Waals surface area contributed by atoms with Crippen LogP contribution in [-0.4, -0.2) is 14.3 Å². The van der Waals surface area contributed by atoms with E-state index in [2.05, 4.69) is 35.1 Å². The number of anilines is 1. The lowest BCUT2D eigenvalue weighted by atomic mass is 9.91. The quantitative estimate of drug-likeness (QED) is 0.823. The van der Waals surface area contributed by atoms with Crippen molar-refractivity contribution in [1.82, 2.24) is 14.3 Å². The molecule has 5 heteroatoms. The summed E-state index contributed by atoms with van der Waals surface area (Å²) in [7, 11) is 0. The van der Waals surface area contributed by atoms with Gasteiger partial charge in [0.15, 0.2) is 11.0 Å². The molecule has 2 rings (SSSR count). The second-order valence-corrected chi connectivity index (χ2v) is 5.42. The summed E-state index contributed by atoms with van der Waals surface area (Å²) in [4.78, 5) is 8.54. The van der Waals surface area contributed by atoms with Crippen LogP contribution in [0.1, 0.15) is 26.5 Å². The summed E-state index contributed by atoms with van der Waals surface area (Å²) in [5, 5.41) is 0.481. The van der Waals surface area contributed by atoms with Gasteiger partial charge in [-0.3, -0.25) is 4.98 Å². The van der Waals surface area contributed by atoms with E-state index in [0.29, 0.717) is 11.0 Å². The van der Waals surface area contributed by atoms with Crippen molar-refractivity contribution in [1.29, 1.82) is 0 Å². The van der Waals surface area contributed by atoms with E-state index in [-0.39, 0.29) is 5.41 Å². The van der Waals surface area contributed by atoms with E-state index in [4.69, 9.17) is 5.73 Å². The maximum absolute atomic E-state index is 5.54. The summed E-state index contributed by atoms with van der Waals surface area (Å²) in [6.45, 7) is 6.40. The van der Waals surface area contributed by atoms with Crippen LogP contribution in [0.5, 0.6) is 0 Å². The highest BCUT2D eigenvalue weighted by Gasteiger charge is 2.15. The molecule has 0 aromatic carbocycles. The molecule has 0 bridgehead atoms. The lowest BCUT2D eigenvalue weighted by Crippen LogP contribution is -2.12. The maximum atomic E-state index is 5.54. The summed E-state index contributed by atoms with van der Waals surface area (Å²) >= 11 is 1.20. The monoisotopic (exact) mass is 234 g/mol. The second-order valence-electron chi connectivity index (χ2n) is 4.64. The summed E-state index contributed by atoms with van der Waals surface area (Å²) in [5.74, 6) is 0.649. The Hall–Kier alpha value is -1.49. The van der Waals surface area contributed by atoms with Crippen molar-refractivity contribution in [3.05, 3.63) is 24.0 Å². The van der Waals surface area contributed by atoms with Crippen LogP contribution in [0.2, 0.25) is 0 Å². The van der Waals surface area contributed by atoms with Gasteiger partial charge in [-0.25, -0.2) is 0 Å². The molecule has 16 heavy (non-hydrogen) atoms. The van der Waals surface area contributed by atoms with Crippen LogP contribution in [0.15, 0.2) is 18.3 Å². The molecule has 0 aliphatic carbocycles. The summed E-state index contributed by atoms with van der Waals surface area (Å²) in [5.41, 5.74) is 7.56. The van der Waals surface area contributed by atoms with E-state index < -0.39 is 0 Å². The van der Waals surface area contributed by atoms with Crippen molar-refractivity contribution in [2.45, 2.75) is 26.2 Å². The Balaban J connectivity index is 2.33. The average Bonchev–Trinajstić information content (AvgIpc) is 2.64. The Morgan fingerprint density at radius 2 is 2.00 bits per heavy atom. The van der Waals surface area contributed by atoms with Crippen LogP contribution in [0.25, 0.3) is 11.4 Å². The summed E-state index contributed by atoms with van der Waals surface area (Å²) in [6, 6.07) is 3.99. The molecular formula is C11H14N4S. The lowest BCUT2D eigenvalue weighted by molar-refractivity contribution is 0.569. The maximum Gasteiger partial charge on any atom is 0.200 e. The number of hydrogen-bond acceptors (Lipinski definition) is 5. The first-order chi connectivity index (χ1) is 7.47. The molecule has 0 aliphatic rings. The molecule has 0 fully saturated rings. The molecule has 0 saturated heterocycles. The highest BCUT2D eigenvalue weighted by molar-refractivity contribution is 7.09. The number of pyridine rings is 1. The Labute approximate surface area is 98.7 Å². The number of aromatic nitrogens is 3. The van der Waals surface area contributed by atoms with Gasteiger partial charge in [0.25, 0.3) is 0 Å². The number of nitrogen functional groups attached to an aromatic ring is 1. The van der Waals surface area contributed by atoms with Crippen LogP contribution < -0.4 is 5.73 Å². The van der Waals surface area contributed by atoms with Crippen molar-refractivity contribution in [3.63, 3.8) is 0 Å². The zero-order valence-corrected chi connectivity index (χ0v) is 10.4. The minimum Gasteiger partial charge on any atom is -0.374 e. The normalized spacial score (nSPS) is 11.7. The Bertz CT molecular complexity index is 481. The van der Waals surface area contributed by atoms with Gasteiger partial charge in [0, 0.05) is 34.4 Å². The third kappa shape index (κ3) is 2.19. The molecule has 4 nitrogen and oxygen atoms in total. The van der Waals surface area contributed by atoms with Crippen molar-refractivity contribution < 1.29 is 0 Å². The minimum absolute atomic E-state index is 0.0626. The SMILES string of the molecule is CC(C)(C)c1ccc(-c2nsc(N)n2)cn1. The van der Waals surface area contributed by atoms with Gasteiger partial charge in [-0.05, 0) is 12.1 Å². The number of nitrogens with zero attached hydrogens (tertiary/aromatic N) is 3. The second kappa shape index (κ2) is 3.83. The summed E-state index contributed by atoms with van der Waals surface area (Å²) < 4.78 is 4.14. The zero-order chi connectivity index (χ0) is 11.8. The minimum atomic E-state index is 0.0626. The fourth-order valence-electron chi connectivity index (χ4n) is 1.32. The number of hydrogen-bond donors (Lipinski definition) is 1. The fraction of sp³-hybridized carbons (Fsp3) is 0.364. The van der Waals surface area contributed by atoms with Gasteiger partial charge in [0.05, 0.1) is 0 Å². The van der Waals surface area contributed by atoms with Gasteiger partial charge in [0.2, 0.25) is 0 Å². The van der Waals surface area contributed by atoms with Crippen LogP contribution in [0, 0.1) is 0 Å². The number of nitrogens with two attached hydrogens (primary N) is 1. The van der Waals surface area contributed by atoms with E-state index in [1.54, 1.807) is 6.20 Å². The molecule has 2 heterocycles. The van der Waals surface area contributed by atoms with E-state index in [0.717, 1.165) is 11.3 Å². The molecule has 0 unspecified atom stereocenters. The average molecular weight is 234 g/mol. The van der Waals surface area contributed by atoms with Gasteiger partial charge >= 0.3 is 0 Å². The third-order valence-electron chi connectivity index (χ3n) is 2.23. The van der Waals surface area contributed by atoms with Gasteiger partial charge in [-0.2, -0.15) is 9.36 Å². The Kier molecular flexibility index (Phi) is 2.63. The van der Waals surface area contributed by atoms with Crippen LogP contribution in [0.4, 0.5) is 5.13 Å². The molecule has 2 aromatic heterocycles. The van der Waals surface area contributed by atoms with E-state index in [1.165, 1.54) is 11.5 Å². The summed E-state index contributed by atoms with van der Waals surface area (Å²) in [6.07, 6.45) is 1.79. The predicted octanol–water partition coefficient (Wildman–Crippen LogP) is 2.48. The molecule has 0 saturated carbocycles. The number of rotatable bonds is 1. The molecule has 0 radical (unpaired) electrons. The molecule has 0 aliphatic heterocycles. The molecule has 2 aromatic rings. The van der Waals surface area contributed by atoms with Crippen molar-refractivity contribution in [3.8, 4) is 11.4 Å². The van der Waals surface area contributed by atoms with Crippen molar-refractivity contribution in [2.24, 2.45) is 0 Å². The third-order valence-corrected chi connectivity index (χ3v) is 2.77. The Morgan fingerprint density at radius 3 is 2.44 bits per heavy atom. The first kappa shape index (κ1) is 11.0. The van der Waals surface area contributed by atoms with Gasteiger partial charge in [0.1, 0.15) is 0 Å². The van der Waals surface area contributed by atoms with E-state index >= 15 is 0 Å². The molecule has 0 spiro atoms. The van der Waals surface area contributed by atoms with Gasteiger partial charge in [-0.1, -0.05) is 20.8 Å². The zero-order valence-electron chi connectivity index (χ0n) is 9.56. The smallest absolute Gasteiger partial charge is 0.200 e. The lowest BCUT2D eigenvalue weighted by Gasteiger charge is -2.17. The molecule has 2 N–H and O–H groups in total. The van der Waals surface area contributed by atoms with E-state index in [9.17, 15) is 0 Å². The molecule has 84 valence electrons.